The highest BCUT2D eigenvalue weighted by Gasteiger charge is 2.41. The number of hydrogen-bond acceptors (Lipinski definition) is 2. The standard InChI is InChI=1S/C10H17NO/c1-4-6-10(9(2)12)7-5-8-11(10)3/h4H,1,5-8H2,2-3H3/t10-/m0/s1. The molecule has 1 rings (SSSR count). The van der Waals surface area contributed by atoms with E-state index in [1.807, 2.05) is 13.1 Å². The van der Waals surface area contributed by atoms with Gasteiger partial charge < -0.3 is 0 Å². The van der Waals surface area contributed by atoms with Crippen molar-refractivity contribution in [2.75, 3.05) is 13.6 Å². The van der Waals surface area contributed by atoms with E-state index in [0.717, 1.165) is 25.8 Å². The van der Waals surface area contributed by atoms with Crippen molar-refractivity contribution in [2.45, 2.75) is 31.7 Å². The molecule has 1 heterocycles. The molecule has 0 aliphatic carbocycles. The molecule has 12 heavy (non-hydrogen) atoms. The summed E-state index contributed by atoms with van der Waals surface area (Å²) in [5.41, 5.74) is -0.220. The number of carbonyl (C=O) groups excluding carboxylic acids is 1. The normalized spacial score (nSPS) is 30.5. The van der Waals surface area contributed by atoms with Crippen molar-refractivity contribution in [3.8, 4) is 0 Å². The van der Waals surface area contributed by atoms with Crippen molar-refractivity contribution in [2.24, 2.45) is 0 Å². The average Bonchev–Trinajstić information content (AvgIpc) is 2.34. The predicted octanol–water partition coefficient (Wildman–Crippen LogP) is 1.62. The van der Waals surface area contributed by atoms with Crippen LogP contribution in [0.15, 0.2) is 12.7 Å². The molecule has 1 aliphatic rings. The first-order valence-corrected chi connectivity index (χ1v) is 4.46. The zero-order valence-electron chi connectivity index (χ0n) is 7.97. The number of hydrogen-bond donors (Lipinski definition) is 0. The molecular formula is C10H17NO. The Morgan fingerprint density at radius 3 is 2.75 bits per heavy atom. The minimum atomic E-state index is -0.220. The van der Waals surface area contributed by atoms with E-state index < -0.39 is 0 Å². The molecule has 0 unspecified atom stereocenters. The van der Waals surface area contributed by atoms with Crippen LogP contribution in [0.5, 0.6) is 0 Å². The summed E-state index contributed by atoms with van der Waals surface area (Å²) in [5, 5.41) is 0. The van der Waals surface area contributed by atoms with Gasteiger partial charge in [0.05, 0.1) is 5.54 Å². The van der Waals surface area contributed by atoms with Crippen LogP contribution in [-0.4, -0.2) is 29.8 Å². The van der Waals surface area contributed by atoms with Crippen molar-refractivity contribution >= 4 is 5.78 Å². The van der Waals surface area contributed by atoms with Crippen LogP contribution in [0.25, 0.3) is 0 Å². The minimum Gasteiger partial charge on any atom is -0.298 e. The topological polar surface area (TPSA) is 20.3 Å². The van der Waals surface area contributed by atoms with E-state index >= 15 is 0 Å². The van der Waals surface area contributed by atoms with Gasteiger partial charge in [-0.15, -0.1) is 6.58 Å². The van der Waals surface area contributed by atoms with E-state index in [0.29, 0.717) is 0 Å². The summed E-state index contributed by atoms with van der Waals surface area (Å²) in [7, 11) is 2.03. The smallest absolute Gasteiger partial charge is 0.150 e. The summed E-state index contributed by atoms with van der Waals surface area (Å²) < 4.78 is 0. The number of ketones is 1. The highest BCUT2D eigenvalue weighted by molar-refractivity contribution is 5.86. The van der Waals surface area contributed by atoms with E-state index in [4.69, 9.17) is 0 Å². The van der Waals surface area contributed by atoms with Gasteiger partial charge in [-0.2, -0.15) is 0 Å². The quantitative estimate of drug-likeness (QED) is 0.595. The SMILES string of the molecule is C=CC[C@@]1(C(C)=O)CCCN1C. The predicted molar refractivity (Wildman–Crippen MR) is 50.1 cm³/mol. The number of carbonyl (C=O) groups is 1. The van der Waals surface area contributed by atoms with Crippen LogP contribution >= 0.6 is 0 Å². The molecular weight excluding hydrogens is 150 g/mol. The number of nitrogens with zero attached hydrogens (tertiary/aromatic N) is 1. The molecule has 0 bridgehead atoms. The molecule has 1 saturated heterocycles. The molecule has 0 amide bonds. The molecule has 0 saturated carbocycles. The van der Waals surface area contributed by atoms with Crippen molar-refractivity contribution < 1.29 is 4.79 Å². The Kier molecular flexibility index (Phi) is 2.68. The third-order valence-electron chi connectivity index (χ3n) is 2.95. The summed E-state index contributed by atoms with van der Waals surface area (Å²) in [6.45, 7) is 6.43. The van der Waals surface area contributed by atoms with Crippen LogP contribution in [0.1, 0.15) is 26.2 Å². The third kappa shape index (κ3) is 1.31. The van der Waals surface area contributed by atoms with E-state index in [1.165, 1.54) is 0 Å². The fourth-order valence-electron chi connectivity index (χ4n) is 2.10. The summed E-state index contributed by atoms with van der Waals surface area (Å²) >= 11 is 0. The number of likely N-dealkylation sites (tertiary alicyclic amines) is 1. The molecule has 0 radical (unpaired) electrons. The zero-order valence-corrected chi connectivity index (χ0v) is 7.97. The number of likely N-dealkylation sites (N-methyl/N-ethyl adjacent to an activating group) is 1. The van der Waals surface area contributed by atoms with Gasteiger partial charge in [-0.3, -0.25) is 9.69 Å². The van der Waals surface area contributed by atoms with Crippen molar-refractivity contribution in [3.63, 3.8) is 0 Å². The van der Waals surface area contributed by atoms with E-state index in [-0.39, 0.29) is 11.3 Å². The Bertz CT molecular complexity index is 200. The first-order chi connectivity index (χ1) is 5.63. The van der Waals surface area contributed by atoms with Crippen LogP contribution < -0.4 is 0 Å². The van der Waals surface area contributed by atoms with Crippen molar-refractivity contribution in [3.05, 3.63) is 12.7 Å². The Morgan fingerprint density at radius 2 is 2.42 bits per heavy atom. The van der Waals surface area contributed by atoms with Gasteiger partial charge in [0, 0.05) is 0 Å². The van der Waals surface area contributed by atoms with Crippen LogP contribution in [0.3, 0.4) is 0 Å². The lowest BCUT2D eigenvalue weighted by Crippen LogP contribution is -2.46. The maximum atomic E-state index is 11.5. The minimum absolute atomic E-state index is 0.220. The monoisotopic (exact) mass is 167 g/mol. The fraction of sp³-hybridized carbons (Fsp3) is 0.700. The van der Waals surface area contributed by atoms with Crippen molar-refractivity contribution in [1.29, 1.82) is 0 Å². The Balaban J connectivity index is 2.84. The molecule has 2 heteroatoms. The molecule has 68 valence electrons. The first kappa shape index (κ1) is 9.46. The van der Waals surface area contributed by atoms with Crippen LogP contribution in [-0.2, 0) is 4.79 Å². The highest BCUT2D eigenvalue weighted by atomic mass is 16.1. The zero-order chi connectivity index (χ0) is 9.19. The molecule has 0 N–H and O–H groups in total. The number of rotatable bonds is 3. The summed E-state index contributed by atoms with van der Waals surface area (Å²) in [4.78, 5) is 13.6. The average molecular weight is 167 g/mol. The lowest BCUT2D eigenvalue weighted by molar-refractivity contribution is -0.126. The largest absolute Gasteiger partial charge is 0.298 e. The second kappa shape index (κ2) is 3.40. The second-order valence-corrected chi connectivity index (χ2v) is 3.61. The maximum absolute atomic E-state index is 11.5. The van der Waals surface area contributed by atoms with Gasteiger partial charge in [0.2, 0.25) is 0 Å². The van der Waals surface area contributed by atoms with Gasteiger partial charge in [-0.25, -0.2) is 0 Å². The van der Waals surface area contributed by atoms with Crippen LogP contribution in [0, 0.1) is 0 Å². The van der Waals surface area contributed by atoms with Gasteiger partial charge >= 0.3 is 0 Å². The maximum Gasteiger partial charge on any atom is 0.150 e. The first-order valence-electron chi connectivity index (χ1n) is 4.46. The Hall–Kier alpha value is -0.630. The van der Waals surface area contributed by atoms with Crippen LogP contribution in [0.2, 0.25) is 0 Å². The van der Waals surface area contributed by atoms with Gasteiger partial charge in [-0.1, -0.05) is 6.08 Å². The lowest BCUT2D eigenvalue weighted by atomic mass is 9.88. The lowest BCUT2D eigenvalue weighted by Gasteiger charge is -2.32. The van der Waals surface area contributed by atoms with Crippen molar-refractivity contribution in [1.82, 2.24) is 4.90 Å². The number of Topliss-reactive ketones (excluding diaryl/α,β-unsaturated/α-hetero) is 1. The van der Waals surface area contributed by atoms with E-state index in [9.17, 15) is 4.79 Å². The molecule has 1 aliphatic heterocycles. The highest BCUT2D eigenvalue weighted by Crippen LogP contribution is 2.32. The Labute approximate surface area is 74.2 Å². The molecule has 0 aromatic carbocycles. The molecule has 0 aromatic heterocycles. The molecule has 1 atom stereocenters. The summed E-state index contributed by atoms with van der Waals surface area (Å²) in [6, 6.07) is 0. The molecule has 0 aromatic rings. The molecule has 2 nitrogen and oxygen atoms in total. The van der Waals surface area contributed by atoms with Gasteiger partial charge in [0.1, 0.15) is 5.78 Å². The van der Waals surface area contributed by atoms with Crippen LogP contribution in [0.4, 0.5) is 0 Å². The fourth-order valence-corrected chi connectivity index (χ4v) is 2.10. The van der Waals surface area contributed by atoms with Gasteiger partial charge in [0.15, 0.2) is 0 Å². The van der Waals surface area contributed by atoms with E-state index in [2.05, 4.69) is 11.5 Å². The molecule has 1 fully saturated rings. The van der Waals surface area contributed by atoms with Gasteiger partial charge in [-0.05, 0) is 39.8 Å². The molecule has 0 spiro atoms. The summed E-state index contributed by atoms with van der Waals surface area (Å²) in [6.07, 6.45) is 4.76. The second-order valence-electron chi connectivity index (χ2n) is 3.61. The van der Waals surface area contributed by atoms with E-state index in [1.54, 1.807) is 6.92 Å². The summed E-state index contributed by atoms with van der Waals surface area (Å²) in [5.74, 6) is 0.280. The third-order valence-corrected chi connectivity index (χ3v) is 2.95. The van der Waals surface area contributed by atoms with Gasteiger partial charge in [0.25, 0.3) is 0 Å². The Morgan fingerprint density at radius 1 is 1.75 bits per heavy atom.